The monoisotopic (exact) mass is 506 g/mol. The molecule has 0 saturated carbocycles. The quantitative estimate of drug-likeness (QED) is 0.144. The van der Waals surface area contributed by atoms with Crippen molar-refractivity contribution in [2.75, 3.05) is 13.2 Å². The zero-order valence-electron chi connectivity index (χ0n) is 23.5. The van der Waals surface area contributed by atoms with Gasteiger partial charge in [-0.05, 0) is 59.2 Å². The molecule has 1 unspecified atom stereocenters. The Bertz CT molecular complexity index is 1210. The zero-order valence-corrected chi connectivity index (χ0v) is 23.5. The van der Waals surface area contributed by atoms with Gasteiger partial charge in [-0.25, -0.2) is 0 Å². The lowest BCUT2D eigenvalue weighted by atomic mass is 9.66. The Hall–Kier alpha value is -3.62. The number of ether oxygens (including phenoxy) is 2. The molecule has 0 saturated heterocycles. The number of rotatable bonds is 14. The second-order valence-electron chi connectivity index (χ2n) is 9.93. The van der Waals surface area contributed by atoms with E-state index in [1.807, 2.05) is 6.08 Å². The van der Waals surface area contributed by atoms with E-state index in [-0.39, 0.29) is 6.10 Å². The van der Waals surface area contributed by atoms with Crippen molar-refractivity contribution in [1.82, 2.24) is 0 Å². The van der Waals surface area contributed by atoms with Crippen molar-refractivity contribution in [2.45, 2.75) is 45.6 Å². The molecule has 2 nitrogen and oxygen atoms in total. The van der Waals surface area contributed by atoms with E-state index in [9.17, 15) is 0 Å². The highest BCUT2D eigenvalue weighted by atomic mass is 16.5. The van der Waals surface area contributed by atoms with Crippen LogP contribution >= 0.6 is 0 Å². The molecule has 0 heterocycles. The highest BCUT2D eigenvalue weighted by Gasteiger charge is 2.46. The van der Waals surface area contributed by atoms with Crippen molar-refractivity contribution in [2.24, 2.45) is 5.92 Å². The van der Waals surface area contributed by atoms with Crippen LogP contribution in [0.5, 0.6) is 0 Å². The molecule has 0 amide bonds. The van der Waals surface area contributed by atoms with E-state index in [0.717, 1.165) is 17.8 Å². The molecule has 198 valence electrons. The summed E-state index contributed by atoms with van der Waals surface area (Å²) in [5.74, 6) is 1.41. The van der Waals surface area contributed by atoms with Crippen LogP contribution in [0.15, 0.2) is 134 Å². The molecule has 0 spiro atoms. The van der Waals surface area contributed by atoms with Crippen molar-refractivity contribution < 1.29 is 9.47 Å². The number of fused-ring (bicyclic) bond motifs is 3. The van der Waals surface area contributed by atoms with Crippen LogP contribution in [0.1, 0.15) is 45.2 Å². The predicted octanol–water partition coefficient (Wildman–Crippen LogP) is 9.29. The van der Waals surface area contributed by atoms with Crippen molar-refractivity contribution in [3.63, 3.8) is 0 Å². The summed E-state index contributed by atoms with van der Waals surface area (Å²) in [6.07, 6.45) is 17.2. The minimum absolute atomic E-state index is 0.0482. The van der Waals surface area contributed by atoms with Crippen LogP contribution in [0.3, 0.4) is 0 Å². The van der Waals surface area contributed by atoms with E-state index >= 15 is 0 Å². The van der Waals surface area contributed by atoms with E-state index in [0.29, 0.717) is 19.1 Å². The Labute approximate surface area is 230 Å². The van der Waals surface area contributed by atoms with Gasteiger partial charge in [0.2, 0.25) is 0 Å². The molecule has 2 aromatic rings. The maximum atomic E-state index is 6.05. The summed E-state index contributed by atoms with van der Waals surface area (Å²) < 4.78 is 11.9. The Morgan fingerprint density at radius 3 is 1.97 bits per heavy atom. The third kappa shape index (κ3) is 6.09. The molecule has 0 aromatic heterocycles. The fourth-order valence-corrected chi connectivity index (χ4v) is 5.25. The Morgan fingerprint density at radius 2 is 1.45 bits per heavy atom. The van der Waals surface area contributed by atoms with Crippen LogP contribution in [0.2, 0.25) is 0 Å². The molecule has 3 rings (SSSR count). The summed E-state index contributed by atoms with van der Waals surface area (Å²) in [6, 6.07) is 17.4. The lowest BCUT2D eigenvalue weighted by Gasteiger charge is -2.35. The molecule has 0 fully saturated rings. The highest BCUT2D eigenvalue weighted by molar-refractivity contribution is 5.87. The van der Waals surface area contributed by atoms with Crippen molar-refractivity contribution in [3.05, 3.63) is 145 Å². The van der Waals surface area contributed by atoms with Gasteiger partial charge < -0.3 is 9.47 Å². The number of hydrogen-bond acceptors (Lipinski definition) is 2. The minimum atomic E-state index is -0.532. The van der Waals surface area contributed by atoms with Crippen LogP contribution in [-0.2, 0) is 14.9 Å². The van der Waals surface area contributed by atoms with Crippen LogP contribution in [0.25, 0.3) is 11.1 Å². The molecular weight excluding hydrogens is 464 g/mol. The summed E-state index contributed by atoms with van der Waals surface area (Å²) in [6.45, 7) is 21.5. The highest BCUT2D eigenvalue weighted by Crippen LogP contribution is 2.57. The van der Waals surface area contributed by atoms with Gasteiger partial charge in [0.05, 0.1) is 23.9 Å². The van der Waals surface area contributed by atoms with E-state index in [1.165, 1.54) is 27.8 Å². The van der Waals surface area contributed by atoms with Crippen LogP contribution in [-0.4, -0.2) is 19.3 Å². The third-order valence-corrected chi connectivity index (χ3v) is 6.82. The van der Waals surface area contributed by atoms with E-state index < -0.39 is 5.41 Å². The molecule has 38 heavy (non-hydrogen) atoms. The van der Waals surface area contributed by atoms with Gasteiger partial charge in [0, 0.05) is 6.42 Å². The minimum Gasteiger partial charge on any atom is -0.494 e. The molecule has 1 atom stereocenters. The van der Waals surface area contributed by atoms with Gasteiger partial charge in [0.1, 0.15) is 6.61 Å². The largest absolute Gasteiger partial charge is 0.494 e. The number of benzene rings is 2. The normalized spacial score (nSPS) is 15.8. The molecule has 2 aromatic carbocycles. The van der Waals surface area contributed by atoms with E-state index in [2.05, 4.69) is 126 Å². The standard InChI is InChI=1S/C36H42O2/c1-8-24-37-28(7)20-21-29(10-3)36(30(11-4)22-23-31(26-27(5)6)38-25-9-2)34-18-14-12-16-32(34)33-17-13-15-19-35(33)36/h8-23,27-28H,1-2,4,24-26H2,3,5-7H3/b21-20-,29-10+,30-22+,31-23+. The van der Waals surface area contributed by atoms with Crippen LogP contribution < -0.4 is 0 Å². The fraction of sp³-hybridized carbons (Fsp3) is 0.278. The number of hydrogen-bond donors (Lipinski definition) is 0. The molecular formula is C36H42O2. The fourth-order valence-electron chi connectivity index (χ4n) is 5.25. The maximum absolute atomic E-state index is 6.05. The molecule has 1 aliphatic rings. The van der Waals surface area contributed by atoms with Crippen molar-refractivity contribution >= 4 is 0 Å². The van der Waals surface area contributed by atoms with Gasteiger partial charge in [-0.3, -0.25) is 0 Å². The summed E-state index contributed by atoms with van der Waals surface area (Å²) >= 11 is 0. The molecule has 0 radical (unpaired) electrons. The molecule has 0 N–H and O–H groups in total. The summed E-state index contributed by atoms with van der Waals surface area (Å²) in [5, 5.41) is 0. The first-order chi connectivity index (χ1) is 18.4. The lowest BCUT2D eigenvalue weighted by Crippen LogP contribution is -2.29. The van der Waals surface area contributed by atoms with E-state index in [4.69, 9.17) is 9.47 Å². The molecule has 0 aliphatic heterocycles. The second kappa shape index (κ2) is 13.8. The average Bonchev–Trinajstić information content (AvgIpc) is 3.22. The van der Waals surface area contributed by atoms with E-state index in [1.54, 1.807) is 12.2 Å². The zero-order chi connectivity index (χ0) is 27.5. The van der Waals surface area contributed by atoms with Gasteiger partial charge in [-0.15, -0.1) is 6.58 Å². The molecule has 0 bridgehead atoms. The lowest BCUT2D eigenvalue weighted by molar-refractivity contribution is 0.123. The SMILES string of the molecule is C=CCO/C(=C/C=C(\C=C)C1(C(/C=C\C(C)OCC=C)=C/C)c2ccccc2-c2ccccc21)CC(C)C. The smallest absolute Gasteiger partial charge is 0.106 e. The average molecular weight is 507 g/mol. The first-order valence-corrected chi connectivity index (χ1v) is 13.5. The second-order valence-corrected chi connectivity index (χ2v) is 9.93. The van der Waals surface area contributed by atoms with Crippen molar-refractivity contribution in [1.29, 1.82) is 0 Å². The Balaban J connectivity index is 2.30. The van der Waals surface area contributed by atoms with Gasteiger partial charge in [-0.2, -0.15) is 0 Å². The third-order valence-electron chi connectivity index (χ3n) is 6.82. The van der Waals surface area contributed by atoms with Gasteiger partial charge in [0.25, 0.3) is 0 Å². The van der Waals surface area contributed by atoms with Gasteiger partial charge in [-0.1, -0.05) is 118 Å². The number of allylic oxidation sites excluding steroid dienone is 8. The van der Waals surface area contributed by atoms with Crippen LogP contribution in [0.4, 0.5) is 0 Å². The Morgan fingerprint density at radius 1 is 0.842 bits per heavy atom. The summed E-state index contributed by atoms with van der Waals surface area (Å²) in [5.41, 5.74) is 6.71. The molecule has 1 aliphatic carbocycles. The summed E-state index contributed by atoms with van der Waals surface area (Å²) in [4.78, 5) is 0. The maximum Gasteiger partial charge on any atom is 0.106 e. The van der Waals surface area contributed by atoms with Crippen LogP contribution in [0, 0.1) is 5.92 Å². The predicted molar refractivity (Wildman–Crippen MR) is 163 cm³/mol. The first-order valence-electron chi connectivity index (χ1n) is 13.5. The Kier molecular flexibility index (Phi) is 10.5. The van der Waals surface area contributed by atoms with Gasteiger partial charge >= 0.3 is 0 Å². The topological polar surface area (TPSA) is 18.5 Å². The van der Waals surface area contributed by atoms with Crippen molar-refractivity contribution in [3.8, 4) is 11.1 Å². The first kappa shape index (κ1) is 28.9. The molecule has 2 heteroatoms. The van der Waals surface area contributed by atoms with Gasteiger partial charge in [0.15, 0.2) is 0 Å². The summed E-state index contributed by atoms with van der Waals surface area (Å²) in [7, 11) is 0.